The second-order valence-corrected chi connectivity index (χ2v) is 4.45. The van der Waals surface area contributed by atoms with Gasteiger partial charge in [0.05, 0.1) is 22.5 Å². The molecule has 2 rings (SSSR count). The molecule has 110 valence electrons. The molecule has 0 atom stereocenters. The van der Waals surface area contributed by atoms with Crippen molar-refractivity contribution < 1.29 is 18.0 Å². The third-order valence-electron chi connectivity index (χ3n) is 2.94. The molecule has 0 aliphatic heterocycles. The quantitative estimate of drug-likeness (QED) is 0.817. The lowest BCUT2D eigenvalue weighted by molar-refractivity contribution is -0.137. The smallest absolute Gasteiger partial charge is 0.288 e. The predicted molar refractivity (Wildman–Crippen MR) is 68.8 cm³/mol. The van der Waals surface area contributed by atoms with Gasteiger partial charge in [0.1, 0.15) is 0 Å². The standard InChI is InChI=1S/C14H12F3N3O/c1-3-12-9(6-8(2)19-20-12)13(21)10-7-18-5-4-11(10)14(15,16)17/h4-7H,3H2,1-2H3. The Balaban J connectivity index is 2.59. The van der Waals surface area contributed by atoms with Crippen LogP contribution in [0, 0.1) is 6.92 Å². The Labute approximate surface area is 119 Å². The summed E-state index contributed by atoms with van der Waals surface area (Å²) in [7, 11) is 0. The van der Waals surface area contributed by atoms with Crippen LogP contribution < -0.4 is 0 Å². The van der Waals surface area contributed by atoms with Gasteiger partial charge in [-0.05, 0) is 25.5 Å². The van der Waals surface area contributed by atoms with Crippen molar-refractivity contribution >= 4 is 5.78 Å². The molecule has 2 heterocycles. The van der Waals surface area contributed by atoms with E-state index >= 15 is 0 Å². The molecule has 7 heteroatoms. The lowest BCUT2D eigenvalue weighted by atomic mass is 9.98. The third kappa shape index (κ3) is 3.07. The summed E-state index contributed by atoms with van der Waals surface area (Å²) in [6, 6.07) is 2.24. The summed E-state index contributed by atoms with van der Waals surface area (Å²) in [6.45, 7) is 3.38. The van der Waals surface area contributed by atoms with Crippen molar-refractivity contribution in [3.63, 3.8) is 0 Å². The zero-order valence-electron chi connectivity index (χ0n) is 11.4. The Bertz CT molecular complexity index is 683. The number of rotatable bonds is 3. The van der Waals surface area contributed by atoms with Crippen molar-refractivity contribution in [3.8, 4) is 0 Å². The minimum Gasteiger partial charge on any atom is -0.288 e. The topological polar surface area (TPSA) is 55.7 Å². The van der Waals surface area contributed by atoms with Gasteiger partial charge in [0.15, 0.2) is 5.78 Å². The molecule has 0 aliphatic carbocycles. The molecule has 2 aromatic heterocycles. The molecule has 0 aromatic carbocycles. The van der Waals surface area contributed by atoms with Gasteiger partial charge >= 0.3 is 6.18 Å². The van der Waals surface area contributed by atoms with Crippen LogP contribution >= 0.6 is 0 Å². The first kappa shape index (κ1) is 15.1. The molecule has 0 unspecified atom stereocenters. The van der Waals surface area contributed by atoms with Crippen LogP contribution in [0.15, 0.2) is 24.5 Å². The first-order valence-corrected chi connectivity index (χ1v) is 6.23. The molecule has 2 aromatic rings. The third-order valence-corrected chi connectivity index (χ3v) is 2.94. The maximum Gasteiger partial charge on any atom is 0.417 e. The zero-order valence-corrected chi connectivity index (χ0v) is 11.4. The van der Waals surface area contributed by atoms with Gasteiger partial charge in [0, 0.05) is 18.0 Å². The Morgan fingerprint density at radius 2 is 1.95 bits per heavy atom. The molecule has 0 saturated carbocycles. The van der Waals surface area contributed by atoms with Gasteiger partial charge in [-0.25, -0.2) is 0 Å². The van der Waals surface area contributed by atoms with E-state index in [4.69, 9.17) is 0 Å². The van der Waals surface area contributed by atoms with Gasteiger partial charge in [-0.1, -0.05) is 6.92 Å². The highest BCUT2D eigenvalue weighted by atomic mass is 19.4. The summed E-state index contributed by atoms with van der Waals surface area (Å²) in [5, 5.41) is 7.68. The molecule has 0 fully saturated rings. The van der Waals surface area contributed by atoms with E-state index in [0.717, 1.165) is 18.5 Å². The Morgan fingerprint density at radius 1 is 1.24 bits per heavy atom. The lowest BCUT2D eigenvalue weighted by Gasteiger charge is -2.12. The molecule has 21 heavy (non-hydrogen) atoms. The molecular weight excluding hydrogens is 283 g/mol. The fraction of sp³-hybridized carbons (Fsp3) is 0.286. The van der Waals surface area contributed by atoms with Crippen LogP contribution in [0.2, 0.25) is 0 Å². The number of aromatic nitrogens is 3. The maximum absolute atomic E-state index is 13.0. The number of ketones is 1. The summed E-state index contributed by atoms with van der Waals surface area (Å²) in [5.41, 5.74) is -0.523. The van der Waals surface area contributed by atoms with Gasteiger partial charge in [0.25, 0.3) is 0 Å². The minimum absolute atomic E-state index is 0.128. The van der Waals surface area contributed by atoms with Crippen molar-refractivity contribution in [1.82, 2.24) is 15.2 Å². The fourth-order valence-electron chi connectivity index (χ4n) is 1.94. The predicted octanol–water partition coefficient (Wildman–Crippen LogP) is 2.99. The molecule has 0 radical (unpaired) electrons. The first-order valence-electron chi connectivity index (χ1n) is 6.23. The van der Waals surface area contributed by atoms with Crippen molar-refractivity contribution in [2.45, 2.75) is 26.4 Å². The molecule has 4 nitrogen and oxygen atoms in total. The van der Waals surface area contributed by atoms with E-state index in [1.807, 2.05) is 0 Å². The van der Waals surface area contributed by atoms with Crippen LogP contribution in [0.5, 0.6) is 0 Å². The van der Waals surface area contributed by atoms with Gasteiger partial charge in [0.2, 0.25) is 0 Å². The Kier molecular flexibility index (Phi) is 4.02. The van der Waals surface area contributed by atoms with Crippen LogP contribution in [0.1, 0.15) is 39.8 Å². The summed E-state index contributed by atoms with van der Waals surface area (Å²) in [5.74, 6) is -0.745. The van der Waals surface area contributed by atoms with E-state index in [1.54, 1.807) is 13.8 Å². The van der Waals surface area contributed by atoms with Gasteiger partial charge in [-0.15, -0.1) is 0 Å². The number of nitrogens with zero attached hydrogens (tertiary/aromatic N) is 3. The fourth-order valence-corrected chi connectivity index (χ4v) is 1.94. The number of hydrogen-bond acceptors (Lipinski definition) is 4. The maximum atomic E-state index is 13.0. The van der Waals surface area contributed by atoms with Crippen LogP contribution in [0.3, 0.4) is 0 Å². The summed E-state index contributed by atoms with van der Waals surface area (Å²) < 4.78 is 38.9. The van der Waals surface area contributed by atoms with Crippen molar-refractivity contribution in [2.24, 2.45) is 0 Å². The van der Waals surface area contributed by atoms with Gasteiger partial charge < -0.3 is 0 Å². The van der Waals surface area contributed by atoms with E-state index in [-0.39, 0.29) is 5.56 Å². The number of carbonyl (C=O) groups excluding carboxylic acids is 1. The van der Waals surface area contributed by atoms with E-state index in [1.165, 1.54) is 6.07 Å². The number of carbonyl (C=O) groups is 1. The molecule has 0 N–H and O–H groups in total. The summed E-state index contributed by atoms with van der Waals surface area (Å²) >= 11 is 0. The van der Waals surface area contributed by atoms with Crippen molar-refractivity contribution in [3.05, 3.63) is 52.6 Å². The van der Waals surface area contributed by atoms with Crippen LogP contribution in [-0.2, 0) is 12.6 Å². The Morgan fingerprint density at radius 3 is 2.57 bits per heavy atom. The highest BCUT2D eigenvalue weighted by Crippen LogP contribution is 2.32. The molecule has 0 amide bonds. The first-order chi connectivity index (χ1) is 9.84. The van der Waals surface area contributed by atoms with E-state index in [2.05, 4.69) is 15.2 Å². The highest BCUT2D eigenvalue weighted by molar-refractivity contribution is 6.10. The summed E-state index contributed by atoms with van der Waals surface area (Å²) in [6.07, 6.45) is -2.28. The van der Waals surface area contributed by atoms with E-state index in [0.29, 0.717) is 17.8 Å². The number of hydrogen-bond donors (Lipinski definition) is 0. The average Bonchev–Trinajstić information content (AvgIpc) is 2.45. The molecule has 0 aliphatic rings. The number of pyridine rings is 1. The molecular formula is C14H12F3N3O. The normalized spacial score (nSPS) is 11.5. The molecule has 0 spiro atoms. The SMILES string of the molecule is CCc1nnc(C)cc1C(=O)c1cnccc1C(F)(F)F. The minimum atomic E-state index is -4.62. The second-order valence-electron chi connectivity index (χ2n) is 4.45. The lowest BCUT2D eigenvalue weighted by Crippen LogP contribution is -2.16. The summed E-state index contributed by atoms with van der Waals surface area (Å²) in [4.78, 5) is 16.1. The second kappa shape index (κ2) is 5.59. The number of halogens is 3. The highest BCUT2D eigenvalue weighted by Gasteiger charge is 2.35. The average molecular weight is 295 g/mol. The largest absolute Gasteiger partial charge is 0.417 e. The van der Waals surface area contributed by atoms with Crippen molar-refractivity contribution in [2.75, 3.05) is 0 Å². The van der Waals surface area contributed by atoms with Gasteiger partial charge in [-0.2, -0.15) is 23.4 Å². The van der Waals surface area contributed by atoms with Crippen LogP contribution in [0.25, 0.3) is 0 Å². The number of alkyl halides is 3. The van der Waals surface area contributed by atoms with E-state index < -0.39 is 23.1 Å². The molecule has 0 bridgehead atoms. The number of aryl methyl sites for hydroxylation is 2. The van der Waals surface area contributed by atoms with E-state index in [9.17, 15) is 18.0 Å². The zero-order chi connectivity index (χ0) is 15.6. The monoisotopic (exact) mass is 295 g/mol. The molecule has 0 saturated heterocycles. The van der Waals surface area contributed by atoms with Crippen molar-refractivity contribution in [1.29, 1.82) is 0 Å². The van der Waals surface area contributed by atoms with Gasteiger partial charge in [-0.3, -0.25) is 9.78 Å². The Hall–Kier alpha value is -2.31. The van der Waals surface area contributed by atoms with Crippen LogP contribution in [0.4, 0.5) is 13.2 Å². The van der Waals surface area contributed by atoms with Crippen LogP contribution in [-0.4, -0.2) is 21.0 Å².